The summed E-state index contributed by atoms with van der Waals surface area (Å²) in [5.41, 5.74) is 0. The molecule has 0 aliphatic carbocycles. The van der Waals surface area contributed by atoms with Crippen LogP contribution >= 0.6 is 0 Å². The molecule has 15 heavy (non-hydrogen) atoms. The van der Waals surface area contributed by atoms with Crippen molar-refractivity contribution in [2.24, 2.45) is 7.05 Å². The third kappa shape index (κ3) is 3.36. The van der Waals surface area contributed by atoms with Gasteiger partial charge in [-0.2, -0.15) is 0 Å². The summed E-state index contributed by atoms with van der Waals surface area (Å²) in [5, 5.41) is 11.8. The number of carbonyl (C=O) groups is 1. The van der Waals surface area contributed by atoms with E-state index in [9.17, 15) is 4.79 Å². The summed E-state index contributed by atoms with van der Waals surface area (Å²) in [5.74, 6) is 0.167. The van der Waals surface area contributed by atoms with Gasteiger partial charge < -0.3 is 15.0 Å². The smallest absolute Gasteiger partial charge is 0.320 e. The average molecular weight is 211 g/mol. The number of carboxylic acids is 1. The fourth-order valence-corrected chi connectivity index (χ4v) is 1.40. The molecular formula is C10H17N3O2. The highest BCUT2D eigenvalue weighted by Crippen LogP contribution is 1.96. The Morgan fingerprint density at radius 1 is 1.73 bits per heavy atom. The van der Waals surface area contributed by atoms with Crippen LogP contribution in [0.15, 0.2) is 12.4 Å². The van der Waals surface area contributed by atoms with E-state index >= 15 is 0 Å². The highest BCUT2D eigenvalue weighted by molar-refractivity contribution is 5.73. The first-order valence-corrected chi connectivity index (χ1v) is 5.07. The number of imidazole rings is 1. The monoisotopic (exact) mass is 211 g/mol. The first-order valence-electron chi connectivity index (χ1n) is 5.07. The summed E-state index contributed by atoms with van der Waals surface area (Å²) < 4.78 is 1.93. The molecule has 5 heteroatoms. The molecule has 1 aromatic rings. The van der Waals surface area contributed by atoms with Crippen molar-refractivity contribution in [1.29, 1.82) is 0 Å². The molecule has 1 rings (SSSR count). The van der Waals surface area contributed by atoms with Gasteiger partial charge in [0.1, 0.15) is 11.9 Å². The highest BCUT2D eigenvalue weighted by atomic mass is 16.4. The van der Waals surface area contributed by atoms with Crippen LogP contribution in [0.25, 0.3) is 0 Å². The molecule has 0 bridgehead atoms. The van der Waals surface area contributed by atoms with Gasteiger partial charge in [-0.1, -0.05) is 6.92 Å². The number of aryl methyl sites for hydroxylation is 1. The summed E-state index contributed by atoms with van der Waals surface area (Å²) in [7, 11) is 1.93. The predicted octanol–water partition coefficient (Wildman–Crippen LogP) is 0.415. The van der Waals surface area contributed by atoms with Crippen LogP contribution in [0.5, 0.6) is 0 Å². The zero-order valence-corrected chi connectivity index (χ0v) is 9.10. The van der Waals surface area contributed by atoms with Gasteiger partial charge in [-0.05, 0) is 6.42 Å². The number of hydrogen-bond acceptors (Lipinski definition) is 3. The van der Waals surface area contributed by atoms with Gasteiger partial charge in [-0.3, -0.25) is 4.79 Å². The van der Waals surface area contributed by atoms with Crippen LogP contribution in [-0.4, -0.2) is 33.2 Å². The first kappa shape index (κ1) is 11.7. The van der Waals surface area contributed by atoms with Crippen molar-refractivity contribution in [2.75, 3.05) is 6.54 Å². The Morgan fingerprint density at radius 3 is 2.93 bits per heavy atom. The maximum atomic E-state index is 10.7. The molecule has 0 amide bonds. The average Bonchev–Trinajstić information content (AvgIpc) is 2.58. The quantitative estimate of drug-likeness (QED) is 0.715. The lowest BCUT2D eigenvalue weighted by atomic mass is 10.2. The van der Waals surface area contributed by atoms with Crippen LogP contribution in [0.4, 0.5) is 0 Å². The highest BCUT2D eigenvalue weighted by Gasteiger charge is 2.13. The van der Waals surface area contributed by atoms with E-state index in [4.69, 9.17) is 5.11 Å². The van der Waals surface area contributed by atoms with Crippen LogP contribution in [-0.2, 0) is 18.3 Å². The number of carboxylic acid groups (broad SMARTS) is 1. The van der Waals surface area contributed by atoms with Crippen LogP contribution in [0.2, 0.25) is 0 Å². The molecule has 1 heterocycles. The molecule has 0 aromatic carbocycles. The van der Waals surface area contributed by atoms with Crippen molar-refractivity contribution in [3.05, 3.63) is 18.2 Å². The van der Waals surface area contributed by atoms with E-state index < -0.39 is 12.0 Å². The Balaban J connectivity index is 2.33. The molecule has 0 spiro atoms. The third-order valence-corrected chi connectivity index (χ3v) is 2.37. The van der Waals surface area contributed by atoms with Gasteiger partial charge in [0.25, 0.3) is 0 Å². The van der Waals surface area contributed by atoms with E-state index in [2.05, 4.69) is 10.3 Å². The summed E-state index contributed by atoms with van der Waals surface area (Å²) in [6.07, 6.45) is 4.96. The summed E-state index contributed by atoms with van der Waals surface area (Å²) in [6, 6.07) is -0.453. The normalized spacial score (nSPS) is 12.7. The largest absolute Gasteiger partial charge is 0.480 e. The van der Waals surface area contributed by atoms with Crippen molar-refractivity contribution < 1.29 is 9.90 Å². The maximum absolute atomic E-state index is 10.7. The molecule has 5 nitrogen and oxygen atoms in total. The number of hydrogen-bond donors (Lipinski definition) is 2. The molecule has 0 saturated carbocycles. The van der Waals surface area contributed by atoms with Gasteiger partial charge >= 0.3 is 5.97 Å². The lowest BCUT2D eigenvalue weighted by Gasteiger charge is -2.11. The van der Waals surface area contributed by atoms with E-state index in [-0.39, 0.29) is 0 Å². The fraction of sp³-hybridized carbons (Fsp3) is 0.600. The van der Waals surface area contributed by atoms with Gasteiger partial charge in [0.2, 0.25) is 0 Å². The van der Waals surface area contributed by atoms with Gasteiger partial charge in [0, 0.05) is 32.4 Å². The molecule has 0 aliphatic heterocycles. The SMILES string of the molecule is CCC(NCCc1nccn1C)C(=O)O. The van der Waals surface area contributed by atoms with Crippen LogP contribution < -0.4 is 5.32 Å². The number of aromatic nitrogens is 2. The second-order valence-electron chi connectivity index (χ2n) is 3.46. The maximum Gasteiger partial charge on any atom is 0.320 e. The van der Waals surface area contributed by atoms with Gasteiger partial charge in [0.15, 0.2) is 0 Å². The molecule has 1 atom stereocenters. The van der Waals surface area contributed by atoms with E-state index in [0.29, 0.717) is 13.0 Å². The Bertz CT molecular complexity index is 322. The van der Waals surface area contributed by atoms with Crippen molar-refractivity contribution in [3.63, 3.8) is 0 Å². The molecule has 0 fully saturated rings. The van der Waals surface area contributed by atoms with E-state index in [1.54, 1.807) is 6.20 Å². The van der Waals surface area contributed by atoms with E-state index in [1.807, 2.05) is 24.7 Å². The van der Waals surface area contributed by atoms with Gasteiger partial charge in [0.05, 0.1) is 0 Å². The minimum Gasteiger partial charge on any atom is -0.480 e. The molecule has 84 valence electrons. The van der Waals surface area contributed by atoms with Crippen molar-refractivity contribution in [1.82, 2.24) is 14.9 Å². The van der Waals surface area contributed by atoms with E-state index in [0.717, 1.165) is 12.2 Å². The predicted molar refractivity (Wildman–Crippen MR) is 56.6 cm³/mol. The summed E-state index contributed by atoms with van der Waals surface area (Å²) in [6.45, 7) is 2.49. The van der Waals surface area contributed by atoms with Crippen molar-refractivity contribution >= 4 is 5.97 Å². The Labute approximate surface area is 89.1 Å². The molecular weight excluding hydrogens is 194 g/mol. The summed E-state index contributed by atoms with van der Waals surface area (Å²) in [4.78, 5) is 14.9. The Kier molecular flexibility index (Phi) is 4.30. The minimum absolute atomic E-state index is 0.453. The van der Waals surface area contributed by atoms with Crippen molar-refractivity contribution in [3.8, 4) is 0 Å². The second-order valence-corrected chi connectivity index (χ2v) is 3.46. The van der Waals surface area contributed by atoms with Crippen LogP contribution in [0.3, 0.4) is 0 Å². The fourth-order valence-electron chi connectivity index (χ4n) is 1.40. The number of nitrogens with zero attached hydrogens (tertiary/aromatic N) is 2. The second kappa shape index (κ2) is 5.50. The summed E-state index contributed by atoms with van der Waals surface area (Å²) >= 11 is 0. The zero-order valence-electron chi connectivity index (χ0n) is 9.10. The van der Waals surface area contributed by atoms with Crippen LogP contribution in [0.1, 0.15) is 19.2 Å². The molecule has 0 radical (unpaired) electrons. The molecule has 0 saturated heterocycles. The van der Waals surface area contributed by atoms with Gasteiger partial charge in [-0.15, -0.1) is 0 Å². The lowest BCUT2D eigenvalue weighted by Crippen LogP contribution is -2.37. The molecule has 1 aromatic heterocycles. The standard InChI is InChI=1S/C10H17N3O2/c1-3-8(10(14)15)11-5-4-9-12-6-7-13(9)2/h6-8,11H,3-5H2,1-2H3,(H,14,15). The Morgan fingerprint density at radius 2 is 2.47 bits per heavy atom. The molecule has 2 N–H and O–H groups in total. The first-order chi connectivity index (χ1) is 7.15. The number of aliphatic carboxylic acids is 1. The van der Waals surface area contributed by atoms with Gasteiger partial charge in [-0.25, -0.2) is 4.98 Å². The van der Waals surface area contributed by atoms with Crippen LogP contribution in [0, 0.1) is 0 Å². The number of rotatable bonds is 6. The minimum atomic E-state index is -0.794. The van der Waals surface area contributed by atoms with Crippen molar-refractivity contribution in [2.45, 2.75) is 25.8 Å². The Hall–Kier alpha value is -1.36. The lowest BCUT2D eigenvalue weighted by molar-refractivity contribution is -0.139. The van der Waals surface area contributed by atoms with E-state index in [1.165, 1.54) is 0 Å². The zero-order chi connectivity index (χ0) is 11.3. The molecule has 0 aliphatic rings. The third-order valence-electron chi connectivity index (χ3n) is 2.37. The topological polar surface area (TPSA) is 67.2 Å². The molecule has 1 unspecified atom stereocenters. The number of nitrogens with one attached hydrogen (secondary N) is 1.